The molecule has 0 saturated heterocycles. The van der Waals surface area contributed by atoms with Crippen molar-refractivity contribution in [2.75, 3.05) is 0 Å². The van der Waals surface area contributed by atoms with Gasteiger partial charge in [-0.2, -0.15) is 0 Å². The zero-order chi connectivity index (χ0) is 11.7. The summed E-state index contributed by atoms with van der Waals surface area (Å²) in [5.74, 6) is 0.134. The molecule has 1 aliphatic heterocycles. The maximum absolute atomic E-state index is 12.1. The van der Waals surface area contributed by atoms with Crippen LogP contribution in [0.25, 0.3) is 6.08 Å². The molecule has 2 aromatic carbocycles. The lowest BCUT2D eigenvalue weighted by Crippen LogP contribution is -1.93. The second-order valence-electron chi connectivity index (χ2n) is 3.85. The van der Waals surface area contributed by atoms with E-state index in [-0.39, 0.29) is 5.78 Å². The fourth-order valence-corrected chi connectivity index (χ4v) is 2.89. The summed E-state index contributed by atoms with van der Waals surface area (Å²) in [6.07, 6.45) is 1.95. The molecule has 0 bridgehead atoms. The fraction of sp³-hybridized carbons (Fsp3) is 0. The standard InChI is InChI=1S/C15H10OS/c16-15-12-8-4-5-9-13(12)17-14(15)10-11-6-2-1-3-7-11/h1-10H/b14-10-. The Kier molecular flexibility index (Phi) is 2.57. The molecule has 3 rings (SSSR count). The number of Topliss-reactive ketones (excluding diaryl/α,β-unsaturated/α-hetero) is 1. The van der Waals surface area contributed by atoms with E-state index in [9.17, 15) is 4.79 Å². The Morgan fingerprint density at radius 1 is 0.882 bits per heavy atom. The van der Waals surface area contributed by atoms with E-state index in [4.69, 9.17) is 0 Å². The summed E-state index contributed by atoms with van der Waals surface area (Å²) in [4.78, 5) is 14.0. The normalized spacial score (nSPS) is 16.2. The van der Waals surface area contributed by atoms with Crippen molar-refractivity contribution in [3.05, 3.63) is 70.6 Å². The Hall–Kier alpha value is -1.80. The van der Waals surface area contributed by atoms with Crippen LogP contribution in [0.4, 0.5) is 0 Å². The maximum Gasteiger partial charge on any atom is 0.200 e. The lowest BCUT2D eigenvalue weighted by Gasteiger charge is -1.94. The molecule has 0 N–H and O–H groups in total. The monoisotopic (exact) mass is 238 g/mol. The maximum atomic E-state index is 12.1. The molecule has 17 heavy (non-hydrogen) atoms. The van der Waals surface area contributed by atoms with E-state index in [1.165, 1.54) is 0 Å². The largest absolute Gasteiger partial charge is 0.288 e. The van der Waals surface area contributed by atoms with Crippen LogP contribution in [0.2, 0.25) is 0 Å². The SMILES string of the molecule is O=C1/C(=C/c2ccccc2)Sc2ccccc21. The van der Waals surface area contributed by atoms with Crippen LogP contribution in [0.3, 0.4) is 0 Å². The molecule has 0 atom stereocenters. The zero-order valence-electron chi connectivity index (χ0n) is 9.09. The van der Waals surface area contributed by atoms with E-state index < -0.39 is 0 Å². The third kappa shape index (κ3) is 1.92. The van der Waals surface area contributed by atoms with Gasteiger partial charge in [-0.1, -0.05) is 54.2 Å². The van der Waals surface area contributed by atoms with E-state index in [0.29, 0.717) is 0 Å². The van der Waals surface area contributed by atoms with Gasteiger partial charge >= 0.3 is 0 Å². The second kappa shape index (κ2) is 4.22. The highest BCUT2D eigenvalue weighted by Crippen LogP contribution is 2.40. The molecular weight excluding hydrogens is 228 g/mol. The second-order valence-corrected chi connectivity index (χ2v) is 4.93. The van der Waals surface area contributed by atoms with Crippen molar-refractivity contribution in [1.29, 1.82) is 0 Å². The number of hydrogen-bond donors (Lipinski definition) is 0. The molecule has 0 saturated carbocycles. The summed E-state index contributed by atoms with van der Waals surface area (Å²) in [5, 5.41) is 0. The van der Waals surface area contributed by atoms with Gasteiger partial charge < -0.3 is 0 Å². The van der Waals surface area contributed by atoms with Crippen LogP contribution in [0.1, 0.15) is 15.9 Å². The van der Waals surface area contributed by atoms with E-state index in [1.807, 2.05) is 60.7 Å². The van der Waals surface area contributed by atoms with Gasteiger partial charge in [-0.3, -0.25) is 4.79 Å². The van der Waals surface area contributed by atoms with Gasteiger partial charge in [-0.25, -0.2) is 0 Å². The van der Waals surface area contributed by atoms with Gasteiger partial charge in [0.1, 0.15) is 0 Å². The molecular formula is C15H10OS. The summed E-state index contributed by atoms with van der Waals surface area (Å²) < 4.78 is 0. The molecule has 0 amide bonds. The highest BCUT2D eigenvalue weighted by atomic mass is 32.2. The smallest absolute Gasteiger partial charge is 0.200 e. The number of hydrogen-bond acceptors (Lipinski definition) is 2. The van der Waals surface area contributed by atoms with Crippen LogP contribution >= 0.6 is 11.8 Å². The lowest BCUT2D eigenvalue weighted by molar-refractivity contribution is 0.104. The van der Waals surface area contributed by atoms with Crippen molar-refractivity contribution in [1.82, 2.24) is 0 Å². The van der Waals surface area contributed by atoms with Gasteiger partial charge in [0.2, 0.25) is 5.78 Å². The predicted molar refractivity (Wildman–Crippen MR) is 71.0 cm³/mol. The first-order valence-corrected chi connectivity index (χ1v) is 6.24. The van der Waals surface area contributed by atoms with Gasteiger partial charge in [0, 0.05) is 10.5 Å². The molecule has 0 spiro atoms. The van der Waals surface area contributed by atoms with Crippen molar-refractivity contribution >= 4 is 23.6 Å². The minimum Gasteiger partial charge on any atom is -0.288 e. The van der Waals surface area contributed by atoms with Crippen LogP contribution in [-0.2, 0) is 0 Å². The number of fused-ring (bicyclic) bond motifs is 1. The molecule has 2 aromatic rings. The minimum atomic E-state index is 0.134. The Labute approximate surface area is 104 Å². The summed E-state index contributed by atoms with van der Waals surface area (Å²) in [7, 11) is 0. The fourth-order valence-electron chi connectivity index (χ4n) is 1.84. The van der Waals surface area contributed by atoms with E-state index in [1.54, 1.807) is 11.8 Å². The quantitative estimate of drug-likeness (QED) is 0.698. The van der Waals surface area contributed by atoms with Crippen molar-refractivity contribution < 1.29 is 4.79 Å². The summed E-state index contributed by atoms with van der Waals surface area (Å²) in [6, 6.07) is 17.7. The number of carbonyl (C=O) groups excluding carboxylic acids is 1. The van der Waals surface area contributed by atoms with Gasteiger partial charge in [-0.15, -0.1) is 0 Å². The third-order valence-corrected chi connectivity index (χ3v) is 3.77. The van der Waals surface area contributed by atoms with Crippen LogP contribution in [0.15, 0.2) is 64.4 Å². The molecule has 0 unspecified atom stereocenters. The van der Waals surface area contributed by atoms with E-state index in [2.05, 4.69) is 0 Å². The Morgan fingerprint density at radius 3 is 2.35 bits per heavy atom. The first-order valence-electron chi connectivity index (χ1n) is 5.43. The van der Waals surface area contributed by atoms with Gasteiger partial charge in [0.25, 0.3) is 0 Å². The minimum absolute atomic E-state index is 0.134. The number of carbonyl (C=O) groups is 1. The molecule has 0 aliphatic carbocycles. The first kappa shape index (κ1) is 10.4. The highest BCUT2D eigenvalue weighted by Gasteiger charge is 2.24. The Morgan fingerprint density at radius 2 is 1.59 bits per heavy atom. The Balaban J connectivity index is 2.00. The van der Waals surface area contributed by atoms with Crippen molar-refractivity contribution in [2.45, 2.75) is 4.90 Å². The molecule has 0 radical (unpaired) electrons. The van der Waals surface area contributed by atoms with Gasteiger partial charge in [0.15, 0.2) is 0 Å². The summed E-state index contributed by atoms with van der Waals surface area (Å²) in [6.45, 7) is 0. The number of thioether (sulfide) groups is 1. The van der Waals surface area contributed by atoms with Crippen molar-refractivity contribution in [2.24, 2.45) is 0 Å². The molecule has 0 aromatic heterocycles. The van der Waals surface area contributed by atoms with Crippen LogP contribution in [0, 0.1) is 0 Å². The highest BCUT2D eigenvalue weighted by molar-refractivity contribution is 8.04. The first-order chi connectivity index (χ1) is 8.34. The number of allylic oxidation sites excluding steroid dienone is 1. The molecule has 82 valence electrons. The average molecular weight is 238 g/mol. The number of ketones is 1. The molecule has 2 heteroatoms. The van der Waals surface area contributed by atoms with E-state index >= 15 is 0 Å². The predicted octanol–water partition coefficient (Wildman–Crippen LogP) is 4.02. The van der Waals surface area contributed by atoms with E-state index in [0.717, 1.165) is 20.9 Å². The van der Waals surface area contributed by atoms with Gasteiger partial charge in [-0.05, 0) is 23.8 Å². The van der Waals surface area contributed by atoms with Crippen LogP contribution in [-0.4, -0.2) is 5.78 Å². The molecule has 0 fully saturated rings. The topological polar surface area (TPSA) is 17.1 Å². The molecule has 1 nitrogen and oxygen atoms in total. The van der Waals surface area contributed by atoms with Crippen molar-refractivity contribution in [3.63, 3.8) is 0 Å². The van der Waals surface area contributed by atoms with Crippen LogP contribution in [0.5, 0.6) is 0 Å². The summed E-state index contributed by atoms with van der Waals surface area (Å²) >= 11 is 1.55. The lowest BCUT2D eigenvalue weighted by atomic mass is 10.1. The molecule has 1 heterocycles. The van der Waals surface area contributed by atoms with Gasteiger partial charge in [0.05, 0.1) is 4.91 Å². The number of benzene rings is 2. The average Bonchev–Trinajstić information content (AvgIpc) is 2.68. The zero-order valence-corrected chi connectivity index (χ0v) is 9.91. The molecule has 1 aliphatic rings. The third-order valence-electron chi connectivity index (χ3n) is 2.67. The van der Waals surface area contributed by atoms with Crippen LogP contribution < -0.4 is 0 Å². The Bertz CT molecular complexity index is 599. The summed E-state index contributed by atoms with van der Waals surface area (Å²) in [5.41, 5.74) is 1.89. The number of rotatable bonds is 1. The van der Waals surface area contributed by atoms with Crippen molar-refractivity contribution in [3.8, 4) is 0 Å².